The fourth-order valence-electron chi connectivity index (χ4n) is 1.88. The van der Waals surface area contributed by atoms with E-state index >= 15 is 0 Å². The van der Waals surface area contributed by atoms with Crippen LogP contribution in [0.1, 0.15) is 26.0 Å². The summed E-state index contributed by atoms with van der Waals surface area (Å²) in [5.41, 5.74) is 3.29. The summed E-state index contributed by atoms with van der Waals surface area (Å²) in [7, 11) is 0. The quantitative estimate of drug-likeness (QED) is 0.855. The Morgan fingerprint density at radius 2 is 2.00 bits per heavy atom. The van der Waals surface area contributed by atoms with E-state index in [0.29, 0.717) is 0 Å². The lowest BCUT2D eigenvalue weighted by Crippen LogP contribution is -2.05. The minimum absolute atomic E-state index is 0.729. The molecular formula is C15H20N2. The Hall–Kier alpha value is -1.57. The van der Waals surface area contributed by atoms with Gasteiger partial charge in [0.2, 0.25) is 0 Å². The molecule has 1 aromatic carbocycles. The largest absolute Gasteiger partial charge is 0.383 e. The van der Waals surface area contributed by atoms with Gasteiger partial charge in [0.15, 0.2) is 0 Å². The van der Waals surface area contributed by atoms with Crippen molar-refractivity contribution in [1.82, 2.24) is 4.98 Å². The maximum Gasteiger partial charge on any atom is 0.0936 e. The highest BCUT2D eigenvalue weighted by atomic mass is 14.9. The summed E-state index contributed by atoms with van der Waals surface area (Å²) < 4.78 is 0. The van der Waals surface area contributed by atoms with Gasteiger partial charge in [-0.3, -0.25) is 4.98 Å². The third-order valence-corrected chi connectivity index (χ3v) is 2.90. The molecule has 0 saturated carbocycles. The maximum absolute atomic E-state index is 4.61. The Morgan fingerprint density at radius 3 is 2.76 bits per heavy atom. The second kappa shape index (κ2) is 5.17. The SMILES string of the molecule is Cc1ccc2cccc(NCCC(C)C)c2n1. The third kappa shape index (κ3) is 2.96. The van der Waals surface area contributed by atoms with Crippen molar-refractivity contribution in [2.24, 2.45) is 5.92 Å². The normalized spacial score (nSPS) is 11.1. The Morgan fingerprint density at radius 1 is 1.18 bits per heavy atom. The zero-order valence-corrected chi connectivity index (χ0v) is 10.8. The number of para-hydroxylation sites is 1. The van der Waals surface area contributed by atoms with Gasteiger partial charge in [-0.05, 0) is 31.4 Å². The molecule has 0 bridgehead atoms. The molecule has 2 rings (SSSR count). The van der Waals surface area contributed by atoms with Gasteiger partial charge in [-0.2, -0.15) is 0 Å². The van der Waals surface area contributed by atoms with E-state index in [9.17, 15) is 0 Å². The topological polar surface area (TPSA) is 24.9 Å². The highest BCUT2D eigenvalue weighted by Crippen LogP contribution is 2.21. The number of hydrogen-bond donors (Lipinski definition) is 1. The van der Waals surface area contributed by atoms with Crippen LogP contribution < -0.4 is 5.32 Å². The molecule has 2 aromatic rings. The highest BCUT2D eigenvalue weighted by Gasteiger charge is 2.02. The molecule has 17 heavy (non-hydrogen) atoms. The fourth-order valence-corrected chi connectivity index (χ4v) is 1.88. The second-order valence-corrected chi connectivity index (χ2v) is 4.94. The van der Waals surface area contributed by atoms with Gasteiger partial charge in [0.1, 0.15) is 0 Å². The van der Waals surface area contributed by atoms with Crippen molar-refractivity contribution in [3.63, 3.8) is 0 Å². The molecule has 0 radical (unpaired) electrons. The van der Waals surface area contributed by atoms with Gasteiger partial charge in [-0.1, -0.05) is 32.0 Å². The smallest absolute Gasteiger partial charge is 0.0936 e. The molecule has 2 nitrogen and oxygen atoms in total. The number of nitrogens with one attached hydrogen (secondary N) is 1. The van der Waals surface area contributed by atoms with Gasteiger partial charge in [0, 0.05) is 17.6 Å². The van der Waals surface area contributed by atoms with E-state index in [4.69, 9.17) is 0 Å². The van der Waals surface area contributed by atoms with Crippen LogP contribution in [0.25, 0.3) is 10.9 Å². The lowest BCUT2D eigenvalue weighted by Gasteiger charge is -2.10. The Labute approximate surface area is 103 Å². The van der Waals surface area contributed by atoms with Gasteiger partial charge in [0.25, 0.3) is 0 Å². The second-order valence-electron chi connectivity index (χ2n) is 4.94. The highest BCUT2D eigenvalue weighted by molar-refractivity contribution is 5.90. The number of aryl methyl sites for hydroxylation is 1. The molecule has 1 aromatic heterocycles. The maximum atomic E-state index is 4.61. The molecule has 1 N–H and O–H groups in total. The standard InChI is InChI=1S/C15H20N2/c1-11(2)9-10-16-14-6-4-5-13-8-7-12(3)17-15(13)14/h4-8,11,16H,9-10H2,1-3H3. The van der Waals surface area contributed by atoms with Crippen LogP contribution in [-0.2, 0) is 0 Å². The monoisotopic (exact) mass is 228 g/mol. The number of anilines is 1. The van der Waals surface area contributed by atoms with Gasteiger partial charge in [0.05, 0.1) is 11.2 Å². The molecule has 0 spiro atoms. The van der Waals surface area contributed by atoms with Crippen molar-refractivity contribution < 1.29 is 0 Å². The molecule has 0 unspecified atom stereocenters. The van der Waals surface area contributed by atoms with Gasteiger partial charge >= 0.3 is 0 Å². The molecule has 0 aliphatic rings. The minimum Gasteiger partial charge on any atom is -0.383 e. The number of hydrogen-bond acceptors (Lipinski definition) is 2. The van der Waals surface area contributed by atoms with Crippen LogP contribution in [0.5, 0.6) is 0 Å². The van der Waals surface area contributed by atoms with Crippen LogP contribution in [-0.4, -0.2) is 11.5 Å². The fraction of sp³-hybridized carbons (Fsp3) is 0.400. The number of benzene rings is 1. The summed E-state index contributed by atoms with van der Waals surface area (Å²) in [4.78, 5) is 4.61. The Balaban J connectivity index is 2.24. The van der Waals surface area contributed by atoms with Gasteiger partial charge in [-0.15, -0.1) is 0 Å². The van der Waals surface area contributed by atoms with Crippen molar-refractivity contribution >= 4 is 16.6 Å². The summed E-state index contributed by atoms with van der Waals surface area (Å²) in [6.07, 6.45) is 1.18. The summed E-state index contributed by atoms with van der Waals surface area (Å²) in [6.45, 7) is 7.52. The average Bonchev–Trinajstić information content (AvgIpc) is 2.29. The molecule has 0 aliphatic carbocycles. The molecule has 0 amide bonds. The van der Waals surface area contributed by atoms with E-state index in [1.165, 1.54) is 11.8 Å². The van der Waals surface area contributed by atoms with Crippen LogP contribution in [0.2, 0.25) is 0 Å². The van der Waals surface area contributed by atoms with E-state index < -0.39 is 0 Å². The Bertz CT molecular complexity index is 503. The van der Waals surface area contributed by atoms with E-state index in [1.807, 2.05) is 6.92 Å². The molecule has 0 atom stereocenters. The summed E-state index contributed by atoms with van der Waals surface area (Å²) >= 11 is 0. The minimum atomic E-state index is 0.729. The number of nitrogens with zero attached hydrogens (tertiary/aromatic N) is 1. The van der Waals surface area contributed by atoms with Crippen LogP contribution in [0, 0.1) is 12.8 Å². The molecule has 1 heterocycles. The van der Waals surface area contributed by atoms with Crippen LogP contribution >= 0.6 is 0 Å². The van der Waals surface area contributed by atoms with Crippen molar-refractivity contribution in [2.45, 2.75) is 27.2 Å². The van der Waals surface area contributed by atoms with E-state index in [2.05, 4.69) is 54.5 Å². The van der Waals surface area contributed by atoms with Gasteiger partial charge in [-0.25, -0.2) is 0 Å². The first kappa shape index (κ1) is 11.9. The number of fused-ring (bicyclic) bond motifs is 1. The van der Waals surface area contributed by atoms with Crippen LogP contribution in [0.4, 0.5) is 5.69 Å². The van der Waals surface area contributed by atoms with Crippen molar-refractivity contribution in [2.75, 3.05) is 11.9 Å². The molecule has 90 valence electrons. The van der Waals surface area contributed by atoms with Crippen molar-refractivity contribution in [1.29, 1.82) is 0 Å². The van der Waals surface area contributed by atoms with E-state index in [-0.39, 0.29) is 0 Å². The lowest BCUT2D eigenvalue weighted by atomic mass is 10.1. The number of aromatic nitrogens is 1. The predicted octanol–water partition coefficient (Wildman–Crippen LogP) is 4.00. The van der Waals surface area contributed by atoms with Crippen molar-refractivity contribution in [3.05, 3.63) is 36.0 Å². The average molecular weight is 228 g/mol. The molecule has 0 fully saturated rings. The number of rotatable bonds is 4. The molecule has 0 aliphatic heterocycles. The summed E-state index contributed by atoms with van der Waals surface area (Å²) in [5.74, 6) is 0.729. The van der Waals surface area contributed by atoms with Crippen molar-refractivity contribution in [3.8, 4) is 0 Å². The first-order valence-corrected chi connectivity index (χ1v) is 6.27. The molecular weight excluding hydrogens is 208 g/mol. The van der Waals surface area contributed by atoms with E-state index in [1.54, 1.807) is 0 Å². The first-order chi connectivity index (χ1) is 8.16. The summed E-state index contributed by atoms with van der Waals surface area (Å²) in [5, 5.41) is 4.68. The molecule has 2 heteroatoms. The van der Waals surface area contributed by atoms with Crippen LogP contribution in [0.3, 0.4) is 0 Å². The number of pyridine rings is 1. The zero-order valence-electron chi connectivity index (χ0n) is 10.8. The van der Waals surface area contributed by atoms with E-state index in [0.717, 1.165) is 29.4 Å². The molecule has 0 saturated heterocycles. The van der Waals surface area contributed by atoms with Gasteiger partial charge < -0.3 is 5.32 Å². The first-order valence-electron chi connectivity index (χ1n) is 6.27. The summed E-state index contributed by atoms with van der Waals surface area (Å²) in [6, 6.07) is 10.5. The van der Waals surface area contributed by atoms with Crippen LogP contribution in [0.15, 0.2) is 30.3 Å². The predicted molar refractivity (Wildman–Crippen MR) is 74.4 cm³/mol. The zero-order chi connectivity index (χ0) is 12.3. The Kier molecular flexibility index (Phi) is 3.62. The third-order valence-electron chi connectivity index (χ3n) is 2.90. The lowest BCUT2D eigenvalue weighted by molar-refractivity contribution is 0.607.